The van der Waals surface area contributed by atoms with Gasteiger partial charge in [0.05, 0.1) is 11.7 Å². The molecule has 1 heterocycles. The fraction of sp³-hybridized carbons (Fsp3) is 1.00. The number of likely N-dealkylation sites (tertiary alicyclic amines) is 1. The van der Waals surface area contributed by atoms with Crippen LogP contribution in [0.3, 0.4) is 0 Å². The van der Waals surface area contributed by atoms with E-state index in [1.807, 2.05) is 7.11 Å². The second-order valence-corrected chi connectivity index (χ2v) is 7.28. The van der Waals surface area contributed by atoms with E-state index < -0.39 is 0 Å². The van der Waals surface area contributed by atoms with E-state index in [0.29, 0.717) is 17.8 Å². The van der Waals surface area contributed by atoms with Crippen LogP contribution >= 0.6 is 0 Å². The smallest absolute Gasteiger partial charge is 0.0777 e. The lowest BCUT2D eigenvalue weighted by atomic mass is 9.73. The zero-order valence-electron chi connectivity index (χ0n) is 13.1. The van der Waals surface area contributed by atoms with Gasteiger partial charge in [0.1, 0.15) is 0 Å². The summed E-state index contributed by atoms with van der Waals surface area (Å²) in [6, 6.07) is 0. The Morgan fingerprint density at radius 2 is 2.05 bits per heavy atom. The van der Waals surface area contributed by atoms with E-state index in [4.69, 9.17) is 4.74 Å². The zero-order valence-corrected chi connectivity index (χ0v) is 13.1. The van der Waals surface area contributed by atoms with Crippen molar-refractivity contribution in [1.29, 1.82) is 0 Å². The summed E-state index contributed by atoms with van der Waals surface area (Å²) in [6.45, 7) is 9.98. The molecule has 1 N–H and O–H groups in total. The Morgan fingerprint density at radius 1 is 1.32 bits per heavy atom. The Balaban J connectivity index is 1.93. The molecular weight excluding hydrogens is 238 g/mol. The number of nitrogens with zero attached hydrogens (tertiary/aromatic N) is 1. The van der Waals surface area contributed by atoms with Crippen molar-refractivity contribution >= 4 is 0 Å². The first-order valence-electron chi connectivity index (χ1n) is 7.89. The van der Waals surface area contributed by atoms with Gasteiger partial charge in [-0.25, -0.2) is 0 Å². The molecule has 1 saturated carbocycles. The maximum absolute atomic E-state index is 10.4. The van der Waals surface area contributed by atoms with Gasteiger partial charge in [-0.15, -0.1) is 0 Å². The highest BCUT2D eigenvalue weighted by Crippen LogP contribution is 2.35. The molecule has 2 fully saturated rings. The van der Waals surface area contributed by atoms with Crippen LogP contribution in [0.4, 0.5) is 0 Å². The molecule has 0 bridgehead atoms. The minimum Gasteiger partial charge on any atom is -0.393 e. The minimum atomic E-state index is -0.116. The van der Waals surface area contributed by atoms with E-state index in [1.165, 1.54) is 12.8 Å². The summed E-state index contributed by atoms with van der Waals surface area (Å²) >= 11 is 0. The van der Waals surface area contributed by atoms with Crippen LogP contribution in [0.2, 0.25) is 0 Å². The van der Waals surface area contributed by atoms with Crippen LogP contribution in [0.25, 0.3) is 0 Å². The van der Waals surface area contributed by atoms with Crippen molar-refractivity contribution in [2.24, 2.45) is 17.8 Å². The van der Waals surface area contributed by atoms with E-state index >= 15 is 0 Å². The van der Waals surface area contributed by atoms with Crippen LogP contribution in [0.5, 0.6) is 0 Å². The third kappa shape index (κ3) is 3.71. The van der Waals surface area contributed by atoms with Crippen LogP contribution < -0.4 is 0 Å². The van der Waals surface area contributed by atoms with Gasteiger partial charge in [0, 0.05) is 26.1 Å². The molecular formula is C16H31NO2. The van der Waals surface area contributed by atoms with Gasteiger partial charge in [-0.2, -0.15) is 0 Å². The molecule has 5 atom stereocenters. The molecule has 112 valence electrons. The van der Waals surface area contributed by atoms with Crippen molar-refractivity contribution in [1.82, 2.24) is 4.90 Å². The van der Waals surface area contributed by atoms with Crippen molar-refractivity contribution in [2.45, 2.75) is 58.2 Å². The first kappa shape index (κ1) is 15.3. The first-order chi connectivity index (χ1) is 8.93. The second kappa shape index (κ2) is 6.11. The van der Waals surface area contributed by atoms with Crippen LogP contribution in [-0.4, -0.2) is 48.5 Å². The summed E-state index contributed by atoms with van der Waals surface area (Å²) in [5, 5.41) is 10.4. The average molecular weight is 269 g/mol. The fourth-order valence-corrected chi connectivity index (χ4v) is 4.10. The Labute approximate surface area is 118 Å². The maximum Gasteiger partial charge on any atom is 0.0777 e. The number of ether oxygens (including phenoxy) is 1. The molecule has 3 nitrogen and oxygen atoms in total. The molecule has 0 aromatic rings. The number of hydrogen-bond acceptors (Lipinski definition) is 3. The van der Waals surface area contributed by atoms with Gasteiger partial charge in [0.15, 0.2) is 0 Å². The summed E-state index contributed by atoms with van der Waals surface area (Å²) in [5.41, 5.74) is 0.00833. The van der Waals surface area contributed by atoms with E-state index in [9.17, 15) is 5.11 Å². The molecule has 5 unspecified atom stereocenters. The summed E-state index contributed by atoms with van der Waals surface area (Å²) < 4.78 is 5.66. The van der Waals surface area contributed by atoms with Gasteiger partial charge in [0.2, 0.25) is 0 Å². The van der Waals surface area contributed by atoms with Gasteiger partial charge in [0.25, 0.3) is 0 Å². The van der Waals surface area contributed by atoms with Crippen LogP contribution in [0, 0.1) is 17.8 Å². The van der Waals surface area contributed by atoms with Crippen molar-refractivity contribution in [3.63, 3.8) is 0 Å². The van der Waals surface area contributed by atoms with Crippen molar-refractivity contribution in [3.8, 4) is 0 Å². The molecule has 1 aliphatic carbocycles. The quantitative estimate of drug-likeness (QED) is 0.854. The van der Waals surface area contributed by atoms with Crippen LogP contribution in [-0.2, 0) is 4.74 Å². The molecule has 1 aliphatic heterocycles. The monoisotopic (exact) mass is 269 g/mol. The molecule has 1 saturated heterocycles. The molecule has 0 radical (unpaired) electrons. The number of aliphatic hydroxyl groups excluding tert-OH is 1. The standard InChI is InChI=1S/C16H31NO2/c1-12-8-13(2)14(15(18)9-12)10-17-7-5-6-16(3,11-17)19-4/h12-15,18H,5-11H2,1-4H3. The highest BCUT2D eigenvalue weighted by Gasteiger charge is 2.37. The normalized spacial score (nSPS) is 45.3. The topological polar surface area (TPSA) is 32.7 Å². The second-order valence-electron chi connectivity index (χ2n) is 7.28. The predicted octanol–water partition coefficient (Wildman–Crippen LogP) is 2.53. The van der Waals surface area contributed by atoms with Crippen molar-refractivity contribution in [3.05, 3.63) is 0 Å². The highest BCUT2D eigenvalue weighted by molar-refractivity contribution is 4.89. The number of rotatable bonds is 3. The fourth-order valence-electron chi connectivity index (χ4n) is 4.10. The van der Waals surface area contributed by atoms with E-state index in [-0.39, 0.29) is 11.7 Å². The summed E-state index contributed by atoms with van der Waals surface area (Å²) in [5.74, 6) is 1.75. The van der Waals surface area contributed by atoms with E-state index in [2.05, 4.69) is 25.7 Å². The Hall–Kier alpha value is -0.120. The SMILES string of the molecule is COC1(C)CCCN(CC2C(C)CC(C)CC2O)C1. The summed E-state index contributed by atoms with van der Waals surface area (Å²) in [4.78, 5) is 2.51. The van der Waals surface area contributed by atoms with Crippen LogP contribution in [0.1, 0.15) is 46.5 Å². The highest BCUT2D eigenvalue weighted by atomic mass is 16.5. The lowest BCUT2D eigenvalue weighted by Crippen LogP contribution is -2.51. The Morgan fingerprint density at radius 3 is 2.68 bits per heavy atom. The molecule has 2 aliphatic rings. The van der Waals surface area contributed by atoms with Crippen molar-refractivity contribution in [2.75, 3.05) is 26.7 Å². The minimum absolute atomic E-state index is 0.00833. The largest absolute Gasteiger partial charge is 0.393 e. The average Bonchev–Trinajstić information content (AvgIpc) is 2.34. The lowest BCUT2D eigenvalue weighted by Gasteiger charge is -2.44. The molecule has 0 aromatic carbocycles. The van der Waals surface area contributed by atoms with Gasteiger partial charge in [-0.3, -0.25) is 0 Å². The molecule has 3 heteroatoms. The summed E-state index contributed by atoms with van der Waals surface area (Å²) in [7, 11) is 1.82. The van der Waals surface area contributed by atoms with Gasteiger partial charge >= 0.3 is 0 Å². The van der Waals surface area contributed by atoms with Crippen molar-refractivity contribution < 1.29 is 9.84 Å². The van der Waals surface area contributed by atoms with Gasteiger partial charge in [-0.1, -0.05) is 13.8 Å². The Kier molecular flexibility index (Phi) is 4.91. The molecule has 19 heavy (non-hydrogen) atoms. The zero-order chi connectivity index (χ0) is 14.0. The maximum atomic E-state index is 10.4. The van der Waals surface area contributed by atoms with Gasteiger partial charge in [-0.05, 0) is 51.0 Å². The summed E-state index contributed by atoms with van der Waals surface area (Å²) in [6.07, 6.45) is 4.48. The molecule has 0 amide bonds. The predicted molar refractivity (Wildman–Crippen MR) is 78.1 cm³/mol. The molecule has 2 rings (SSSR count). The Bertz CT molecular complexity index is 284. The third-order valence-electron chi connectivity index (χ3n) is 5.34. The van der Waals surface area contributed by atoms with E-state index in [0.717, 1.165) is 32.5 Å². The van der Waals surface area contributed by atoms with Crippen LogP contribution in [0.15, 0.2) is 0 Å². The molecule has 0 spiro atoms. The third-order valence-corrected chi connectivity index (χ3v) is 5.34. The number of aliphatic hydroxyl groups is 1. The van der Waals surface area contributed by atoms with Gasteiger partial charge < -0.3 is 14.7 Å². The number of piperidine rings is 1. The van der Waals surface area contributed by atoms with E-state index in [1.54, 1.807) is 0 Å². The lowest BCUT2D eigenvalue weighted by molar-refractivity contribution is -0.0683. The molecule has 0 aromatic heterocycles. The number of methoxy groups -OCH3 is 1. The number of hydrogen-bond donors (Lipinski definition) is 1. The first-order valence-corrected chi connectivity index (χ1v) is 7.89.